The molecule has 1 heterocycles. The summed E-state index contributed by atoms with van der Waals surface area (Å²) in [7, 11) is 0. The lowest BCUT2D eigenvalue weighted by Crippen LogP contribution is -2.10. The molecule has 2 rings (SSSR count). The molecular formula is C19H27NS. The molecule has 0 saturated heterocycles. The van der Waals surface area contributed by atoms with Gasteiger partial charge in [-0.25, -0.2) is 0 Å². The number of anilines is 1. The van der Waals surface area contributed by atoms with Crippen LogP contribution in [0.15, 0.2) is 35.7 Å². The molecule has 0 saturated carbocycles. The van der Waals surface area contributed by atoms with Crippen molar-refractivity contribution in [2.24, 2.45) is 0 Å². The first kappa shape index (κ1) is 16.1. The summed E-state index contributed by atoms with van der Waals surface area (Å²) in [5.74, 6) is 1.11. The third-order valence-corrected chi connectivity index (χ3v) is 4.97. The predicted octanol–water partition coefficient (Wildman–Crippen LogP) is 6.56. The van der Waals surface area contributed by atoms with Crippen LogP contribution in [0.25, 0.3) is 0 Å². The molecular weight excluding hydrogens is 274 g/mol. The van der Waals surface area contributed by atoms with E-state index in [9.17, 15) is 0 Å². The van der Waals surface area contributed by atoms with Crippen molar-refractivity contribution in [3.63, 3.8) is 0 Å². The number of benzene rings is 1. The van der Waals surface area contributed by atoms with Gasteiger partial charge in [0.15, 0.2) is 0 Å². The average molecular weight is 301 g/mol. The van der Waals surface area contributed by atoms with Crippen LogP contribution in [0.3, 0.4) is 0 Å². The van der Waals surface area contributed by atoms with Crippen LogP contribution in [0, 0.1) is 0 Å². The van der Waals surface area contributed by atoms with Crippen molar-refractivity contribution in [2.45, 2.75) is 58.9 Å². The van der Waals surface area contributed by atoms with E-state index in [1.807, 2.05) is 11.3 Å². The highest BCUT2D eigenvalue weighted by Gasteiger charge is 2.14. The maximum Gasteiger partial charge on any atom is 0.0604 e. The van der Waals surface area contributed by atoms with Crippen molar-refractivity contribution in [1.82, 2.24) is 0 Å². The summed E-state index contributed by atoms with van der Waals surface area (Å²) < 4.78 is 0. The van der Waals surface area contributed by atoms with Gasteiger partial charge in [0.05, 0.1) is 6.04 Å². The van der Waals surface area contributed by atoms with Crippen LogP contribution in [0.2, 0.25) is 0 Å². The first-order valence-electron chi connectivity index (χ1n) is 7.96. The molecule has 1 atom stereocenters. The van der Waals surface area contributed by atoms with Crippen molar-refractivity contribution >= 4 is 17.0 Å². The second-order valence-corrected chi connectivity index (χ2v) is 7.26. The summed E-state index contributed by atoms with van der Waals surface area (Å²) in [6.07, 6.45) is 1.10. The van der Waals surface area contributed by atoms with Crippen molar-refractivity contribution in [1.29, 1.82) is 0 Å². The molecule has 1 aromatic carbocycles. The second kappa shape index (κ2) is 7.13. The minimum absolute atomic E-state index is 0.410. The largest absolute Gasteiger partial charge is 0.377 e. The van der Waals surface area contributed by atoms with Crippen molar-refractivity contribution < 1.29 is 0 Å². The van der Waals surface area contributed by atoms with Gasteiger partial charge in [0.25, 0.3) is 0 Å². The van der Waals surface area contributed by atoms with Crippen LogP contribution in [-0.4, -0.2) is 0 Å². The molecule has 1 aromatic heterocycles. The number of rotatable bonds is 6. The average Bonchev–Trinajstić information content (AvgIpc) is 2.98. The van der Waals surface area contributed by atoms with E-state index in [0.717, 1.165) is 6.42 Å². The smallest absolute Gasteiger partial charge is 0.0604 e. The molecule has 1 nitrogen and oxygen atoms in total. The number of hydrogen-bond donors (Lipinski definition) is 1. The van der Waals surface area contributed by atoms with Crippen molar-refractivity contribution in [3.05, 3.63) is 51.7 Å². The summed E-state index contributed by atoms with van der Waals surface area (Å²) in [4.78, 5) is 1.42. The lowest BCUT2D eigenvalue weighted by molar-refractivity contribution is 0.755. The van der Waals surface area contributed by atoms with Gasteiger partial charge in [0.1, 0.15) is 0 Å². The van der Waals surface area contributed by atoms with Gasteiger partial charge in [-0.3, -0.25) is 0 Å². The Morgan fingerprint density at radius 3 is 2.33 bits per heavy atom. The Balaban J connectivity index is 2.30. The van der Waals surface area contributed by atoms with E-state index in [1.54, 1.807) is 0 Å². The summed E-state index contributed by atoms with van der Waals surface area (Å²) in [6, 6.07) is 11.7. The van der Waals surface area contributed by atoms with E-state index in [1.165, 1.54) is 21.7 Å². The van der Waals surface area contributed by atoms with E-state index >= 15 is 0 Å². The van der Waals surface area contributed by atoms with E-state index in [0.29, 0.717) is 17.9 Å². The Morgan fingerprint density at radius 1 is 1.05 bits per heavy atom. The van der Waals surface area contributed by atoms with Crippen molar-refractivity contribution in [3.8, 4) is 0 Å². The zero-order valence-electron chi connectivity index (χ0n) is 13.8. The van der Waals surface area contributed by atoms with Gasteiger partial charge >= 0.3 is 0 Å². The van der Waals surface area contributed by atoms with Crippen LogP contribution in [-0.2, 0) is 0 Å². The summed E-state index contributed by atoms with van der Waals surface area (Å²) in [6.45, 7) is 11.3. The molecule has 1 N–H and O–H groups in total. The van der Waals surface area contributed by atoms with E-state index in [4.69, 9.17) is 0 Å². The molecule has 0 bridgehead atoms. The highest BCUT2D eigenvalue weighted by Crippen LogP contribution is 2.32. The van der Waals surface area contributed by atoms with E-state index < -0.39 is 0 Å². The van der Waals surface area contributed by atoms with Crippen LogP contribution >= 0.6 is 11.3 Å². The fraction of sp³-hybridized carbons (Fsp3) is 0.474. The molecule has 0 amide bonds. The molecule has 0 aliphatic heterocycles. The molecule has 1 unspecified atom stereocenters. The summed E-state index contributed by atoms with van der Waals surface area (Å²) in [5.41, 5.74) is 4.14. The first-order valence-corrected chi connectivity index (χ1v) is 8.84. The first-order chi connectivity index (χ1) is 10.0. The molecule has 21 heavy (non-hydrogen) atoms. The summed E-state index contributed by atoms with van der Waals surface area (Å²) >= 11 is 1.83. The zero-order chi connectivity index (χ0) is 15.4. The molecule has 0 aliphatic carbocycles. The molecule has 2 heteroatoms. The molecule has 0 aliphatic rings. The quantitative estimate of drug-likeness (QED) is 0.637. The number of hydrogen-bond acceptors (Lipinski definition) is 2. The molecule has 2 aromatic rings. The van der Waals surface area contributed by atoms with Crippen LogP contribution < -0.4 is 5.32 Å². The monoisotopic (exact) mass is 301 g/mol. The lowest BCUT2D eigenvalue weighted by atomic mass is 9.94. The highest BCUT2D eigenvalue weighted by atomic mass is 32.1. The third kappa shape index (κ3) is 3.88. The van der Waals surface area contributed by atoms with Crippen LogP contribution in [0.5, 0.6) is 0 Å². The van der Waals surface area contributed by atoms with Gasteiger partial charge < -0.3 is 5.32 Å². The van der Waals surface area contributed by atoms with Crippen molar-refractivity contribution in [2.75, 3.05) is 5.32 Å². The maximum absolute atomic E-state index is 3.76. The third-order valence-electron chi connectivity index (χ3n) is 3.99. The van der Waals surface area contributed by atoms with Gasteiger partial charge in [-0.2, -0.15) is 0 Å². The normalized spacial score (nSPS) is 12.9. The fourth-order valence-corrected chi connectivity index (χ4v) is 3.46. The fourth-order valence-electron chi connectivity index (χ4n) is 2.60. The Hall–Kier alpha value is -1.28. The standard InChI is InChI=1S/C19H27NS/c1-6-17(19-8-7-11-21-19)20-18-10-9-15(13(2)3)12-16(18)14(4)5/h7-14,17,20H,6H2,1-5H3. The number of nitrogens with one attached hydrogen (secondary N) is 1. The van der Waals surface area contributed by atoms with Gasteiger partial charge in [-0.15, -0.1) is 11.3 Å². The van der Waals surface area contributed by atoms with Crippen LogP contribution in [0.4, 0.5) is 5.69 Å². The Kier molecular flexibility index (Phi) is 5.46. The minimum atomic E-state index is 0.410. The number of thiophene rings is 1. The molecule has 0 spiro atoms. The van der Waals surface area contributed by atoms with Gasteiger partial charge in [0, 0.05) is 10.6 Å². The Labute approximate surface area is 133 Å². The Morgan fingerprint density at radius 2 is 1.81 bits per heavy atom. The zero-order valence-corrected chi connectivity index (χ0v) is 14.6. The second-order valence-electron chi connectivity index (χ2n) is 6.28. The molecule has 0 fully saturated rings. The van der Waals surface area contributed by atoms with E-state index in [2.05, 4.69) is 75.6 Å². The van der Waals surface area contributed by atoms with Gasteiger partial charge in [-0.1, -0.05) is 52.8 Å². The topological polar surface area (TPSA) is 12.0 Å². The maximum atomic E-state index is 3.76. The van der Waals surface area contributed by atoms with E-state index in [-0.39, 0.29) is 0 Å². The summed E-state index contributed by atoms with van der Waals surface area (Å²) in [5, 5.41) is 5.92. The Bertz CT molecular complexity index is 555. The lowest BCUT2D eigenvalue weighted by Gasteiger charge is -2.22. The minimum Gasteiger partial charge on any atom is -0.377 e. The molecule has 0 radical (unpaired) electrons. The SMILES string of the molecule is CCC(Nc1ccc(C(C)C)cc1C(C)C)c1cccs1. The van der Waals surface area contributed by atoms with Gasteiger partial charge in [0.2, 0.25) is 0 Å². The predicted molar refractivity (Wildman–Crippen MR) is 95.6 cm³/mol. The van der Waals surface area contributed by atoms with Gasteiger partial charge in [-0.05, 0) is 46.9 Å². The molecule has 114 valence electrons. The van der Waals surface area contributed by atoms with Crippen LogP contribution in [0.1, 0.15) is 74.9 Å². The highest BCUT2D eigenvalue weighted by molar-refractivity contribution is 7.10.